The molecular weight excluding hydrogens is 332 g/mol. The standard InChI is InChI=1S/C16H15BrN2O2/c1-2-21-12-8-6-11(7-9-12)16-13(10-20)19-14(17)4-3-5-15(19)18-16/h3-9,20H,2,10H2,1H3. The topological polar surface area (TPSA) is 46.8 Å². The number of aromatic nitrogens is 2. The summed E-state index contributed by atoms with van der Waals surface area (Å²) in [5, 5.41) is 9.72. The van der Waals surface area contributed by atoms with E-state index >= 15 is 0 Å². The van der Waals surface area contributed by atoms with E-state index in [0.717, 1.165) is 33.0 Å². The smallest absolute Gasteiger partial charge is 0.138 e. The molecule has 0 atom stereocenters. The van der Waals surface area contributed by atoms with Crippen molar-refractivity contribution in [3.8, 4) is 17.0 Å². The van der Waals surface area contributed by atoms with Gasteiger partial charge in [-0.2, -0.15) is 0 Å². The molecule has 0 aliphatic carbocycles. The fraction of sp³-hybridized carbons (Fsp3) is 0.188. The number of aliphatic hydroxyl groups is 1. The van der Waals surface area contributed by atoms with Crippen LogP contribution in [0, 0.1) is 0 Å². The third-order valence-electron chi connectivity index (χ3n) is 3.28. The summed E-state index contributed by atoms with van der Waals surface area (Å²) in [5.74, 6) is 0.830. The van der Waals surface area contributed by atoms with E-state index in [1.165, 1.54) is 0 Å². The van der Waals surface area contributed by atoms with E-state index in [-0.39, 0.29) is 6.61 Å². The van der Waals surface area contributed by atoms with Gasteiger partial charge in [0.1, 0.15) is 11.4 Å². The van der Waals surface area contributed by atoms with Crippen molar-refractivity contribution < 1.29 is 9.84 Å². The molecule has 3 rings (SSSR count). The van der Waals surface area contributed by atoms with Gasteiger partial charge in [-0.25, -0.2) is 4.98 Å². The molecule has 0 aliphatic heterocycles. The molecule has 1 aromatic carbocycles. The summed E-state index contributed by atoms with van der Waals surface area (Å²) in [6.45, 7) is 2.52. The molecule has 2 aromatic heterocycles. The van der Waals surface area contributed by atoms with Crippen molar-refractivity contribution >= 4 is 21.6 Å². The number of hydrogen-bond acceptors (Lipinski definition) is 3. The summed E-state index contributed by atoms with van der Waals surface area (Å²) in [6.07, 6.45) is 0. The van der Waals surface area contributed by atoms with Crippen LogP contribution in [0.2, 0.25) is 0 Å². The van der Waals surface area contributed by atoms with Crippen LogP contribution < -0.4 is 4.74 Å². The summed E-state index contributed by atoms with van der Waals surface area (Å²) < 4.78 is 8.23. The molecule has 0 spiro atoms. The van der Waals surface area contributed by atoms with E-state index in [4.69, 9.17) is 4.74 Å². The number of pyridine rings is 1. The van der Waals surface area contributed by atoms with Crippen LogP contribution in [0.5, 0.6) is 5.75 Å². The third-order valence-corrected chi connectivity index (χ3v) is 3.90. The average molecular weight is 347 g/mol. The molecule has 5 heteroatoms. The monoisotopic (exact) mass is 346 g/mol. The number of fused-ring (bicyclic) bond motifs is 1. The lowest BCUT2D eigenvalue weighted by Gasteiger charge is -2.05. The lowest BCUT2D eigenvalue weighted by Crippen LogP contribution is -1.96. The van der Waals surface area contributed by atoms with Gasteiger partial charge in [0.15, 0.2) is 0 Å². The molecule has 0 fully saturated rings. The molecule has 3 aromatic rings. The quantitative estimate of drug-likeness (QED) is 0.733. The molecule has 0 saturated carbocycles. The molecule has 21 heavy (non-hydrogen) atoms. The molecule has 0 aliphatic rings. The normalized spacial score (nSPS) is 11.0. The zero-order chi connectivity index (χ0) is 14.8. The van der Waals surface area contributed by atoms with Crippen LogP contribution in [0.4, 0.5) is 0 Å². The van der Waals surface area contributed by atoms with E-state index in [2.05, 4.69) is 20.9 Å². The lowest BCUT2D eigenvalue weighted by atomic mass is 10.1. The van der Waals surface area contributed by atoms with Gasteiger partial charge in [0.25, 0.3) is 0 Å². The SMILES string of the molecule is CCOc1ccc(-c2nc3cccc(Br)n3c2CO)cc1. The maximum Gasteiger partial charge on any atom is 0.138 e. The number of halogens is 1. The van der Waals surface area contributed by atoms with Crippen LogP contribution in [0.3, 0.4) is 0 Å². The number of rotatable bonds is 4. The number of benzene rings is 1. The number of aliphatic hydroxyl groups excluding tert-OH is 1. The summed E-state index contributed by atoms with van der Waals surface area (Å²) in [7, 11) is 0. The van der Waals surface area contributed by atoms with Gasteiger partial charge in [0, 0.05) is 5.56 Å². The number of hydrogen-bond donors (Lipinski definition) is 1. The predicted molar refractivity (Wildman–Crippen MR) is 85.4 cm³/mol. The maximum absolute atomic E-state index is 9.72. The van der Waals surface area contributed by atoms with Crippen molar-refractivity contribution in [3.63, 3.8) is 0 Å². The molecule has 0 saturated heterocycles. The second-order valence-corrected chi connectivity index (χ2v) is 5.38. The van der Waals surface area contributed by atoms with Crippen LogP contribution in [-0.2, 0) is 6.61 Å². The molecule has 0 bridgehead atoms. The molecule has 0 unspecified atom stereocenters. The molecule has 2 heterocycles. The first-order valence-corrected chi connectivity index (χ1v) is 7.54. The molecule has 0 radical (unpaired) electrons. The fourth-order valence-corrected chi connectivity index (χ4v) is 2.91. The lowest BCUT2D eigenvalue weighted by molar-refractivity contribution is 0.276. The zero-order valence-electron chi connectivity index (χ0n) is 11.6. The Hall–Kier alpha value is -1.85. The average Bonchev–Trinajstić information content (AvgIpc) is 2.88. The van der Waals surface area contributed by atoms with Gasteiger partial charge in [-0.05, 0) is 59.3 Å². The zero-order valence-corrected chi connectivity index (χ0v) is 13.2. The van der Waals surface area contributed by atoms with E-state index in [1.54, 1.807) is 0 Å². The second kappa shape index (κ2) is 5.87. The number of nitrogens with zero attached hydrogens (tertiary/aromatic N) is 2. The van der Waals surface area contributed by atoms with Gasteiger partial charge in [-0.1, -0.05) is 6.07 Å². The number of imidazole rings is 1. The molecular formula is C16H15BrN2O2. The van der Waals surface area contributed by atoms with E-state index in [0.29, 0.717) is 6.61 Å². The van der Waals surface area contributed by atoms with Crippen LogP contribution in [-0.4, -0.2) is 21.1 Å². The Labute approximate surface area is 131 Å². The van der Waals surface area contributed by atoms with Crippen molar-refractivity contribution in [2.75, 3.05) is 6.61 Å². The number of ether oxygens (including phenoxy) is 1. The van der Waals surface area contributed by atoms with Gasteiger partial charge in [0.05, 0.1) is 29.2 Å². The summed E-state index contributed by atoms with van der Waals surface area (Å²) in [5.41, 5.74) is 3.31. The Bertz CT molecular complexity index is 766. The predicted octanol–water partition coefficient (Wildman–Crippen LogP) is 3.65. The van der Waals surface area contributed by atoms with Crippen molar-refractivity contribution in [1.29, 1.82) is 0 Å². The van der Waals surface area contributed by atoms with Crippen molar-refractivity contribution in [2.45, 2.75) is 13.5 Å². The Morgan fingerprint density at radius 2 is 1.95 bits per heavy atom. The molecule has 0 amide bonds. The molecule has 4 nitrogen and oxygen atoms in total. The summed E-state index contributed by atoms with van der Waals surface area (Å²) in [4.78, 5) is 4.62. The maximum atomic E-state index is 9.72. The highest BCUT2D eigenvalue weighted by Crippen LogP contribution is 2.28. The van der Waals surface area contributed by atoms with Gasteiger partial charge in [0.2, 0.25) is 0 Å². The second-order valence-electron chi connectivity index (χ2n) is 4.56. The minimum atomic E-state index is -0.0771. The van der Waals surface area contributed by atoms with Crippen LogP contribution >= 0.6 is 15.9 Å². The van der Waals surface area contributed by atoms with Crippen molar-refractivity contribution in [2.24, 2.45) is 0 Å². The summed E-state index contributed by atoms with van der Waals surface area (Å²) >= 11 is 3.50. The summed E-state index contributed by atoms with van der Waals surface area (Å²) in [6, 6.07) is 13.5. The first kappa shape index (κ1) is 14.1. The van der Waals surface area contributed by atoms with E-state index in [9.17, 15) is 5.11 Å². The first-order valence-electron chi connectivity index (χ1n) is 6.74. The van der Waals surface area contributed by atoms with Crippen LogP contribution in [0.1, 0.15) is 12.6 Å². The van der Waals surface area contributed by atoms with Gasteiger partial charge in [-0.15, -0.1) is 0 Å². The highest BCUT2D eigenvalue weighted by molar-refractivity contribution is 9.10. The van der Waals surface area contributed by atoms with E-state index in [1.807, 2.05) is 53.8 Å². The van der Waals surface area contributed by atoms with Gasteiger partial charge < -0.3 is 9.84 Å². The molecule has 1 N–H and O–H groups in total. The highest BCUT2D eigenvalue weighted by atomic mass is 79.9. The largest absolute Gasteiger partial charge is 0.494 e. The fourth-order valence-electron chi connectivity index (χ4n) is 2.36. The minimum Gasteiger partial charge on any atom is -0.494 e. The third kappa shape index (κ3) is 2.54. The Kier molecular flexibility index (Phi) is 3.94. The Morgan fingerprint density at radius 3 is 2.62 bits per heavy atom. The van der Waals surface area contributed by atoms with Crippen LogP contribution in [0.15, 0.2) is 47.1 Å². The van der Waals surface area contributed by atoms with Gasteiger partial charge in [-0.3, -0.25) is 4.40 Å². The highest BCUT2D eigenvalue weighted by Gasteiger charge is 2.14. The van der Waals surface area contributed by atoms with Crippen molar-refractivity contribution in [3.05, 3.63) is 52.8 Å². The van der Waals surface area contributed by atoms with Crippen molar-refractivity contribution in [1.82, 2.24) is 9.38 Å². The Balaban J connectivity index is 2.13. The van der Waals surface area contributed by atoms with Gasteiger partial charge >= 0.3 is 0 Å². The van der Waals surface area contributed by atoms with Crippen LogP contribution in [0.25, 0.3) is 16.9 Å². The Morgan fingerprint density at radius 1 is 1.19 bits per heavy atom. The minimum absolute atomic E-state index is 0.0771. The first-order chi connectivity index (χ1) is 10.2. The van der Waals surface area contributed by atoms with E-state index < -0.39 is 0 Å². The molecule has 108 valence electrons.